The summed E-state index contributed by atoms with van der Waals surface area (Å²) in [6, 6.07) is 1.83. The lowest BCUT2D eigenvalue weighted by molar-refractivity contribution is -0.152. The quantitative estimate of drug-likeness (QED) is 0.911. The van der Waals surface area contributed by atoms with Gasteiger partial charge in [0, 0.05) is 12.4 Å². The molecule has 1 heterocycles. The summed E-state index contributed by atoms with van der Waals surface area (Å²) in [4.78, 5) is 15.6. The average Bonchev–Trinajstić information content (AvgIpc) is 2.32. The minimum atomic E-state index is -0.693. The number of rotatable bonds is 3. The van der Waals surface area contributed by atoms with Crippen LogP contribution in [0.3, 0.4) is 0 Å². The Morgan fingerprint density at radius 1 is 1.67 bits per heavy atom. The molecule has 1 aromatic rings. The van der Waals surface area contributed by atoms with Crippen molar-refractivity contribution in [1.82, 2.24) is 4.98 Å². The minimum absolute atomic E-state index is 0.468. The number of halogens is 1. The standard InChI is InChI=1S/C14H18ClNO2/c1-10-3-2-5-14(7-10,13(17)18)8-11-4-6-16-9-12(11)15/h4,6,9-10H,2-3,5,7-8H2,1H3,(H,17,18). The highest BCUT2D eigenvalue weighted by molar-refractivity contribution is 6.31. The predicted molar refractivity (Wildman–Crippen MR) is 70.7 cm³/mol. The highest BCUT2D eigenvalue weighted by Gasteiger charge is 2.42. The van der Waals surface area contributed by atoms with E-state index in [9.17, 15) is 9.90 Å². The molecule has 1 N–H and O–H groups in total. The third-order valence-electron chi connectivity index (χ3n) is 3.93. The molecule has 2 rings (SSSR count). The molecular weight excluding hydrogens is 250 g/mol. The van der Waals surface area contributed by atoms with Gasteiger partial charge in [0.1, 0.15) is 0 Å². The molecule has 1 saturated carbocycles. The fourth-order valence-electron chi connectivity index (χ4n) is 3.00. The Balaban J connectivity index is 2.26. The number of aliphatic carboxylic acids is 1. The molecule has 18 heavy (non-hydrogen) atoms. The fourth-order valence-corrected chi connectivity index (χ4v) is 3.19. The van der Waals surface area contributed by atoms with Crippen LogP contribution in [0.25, 0.3) is 0 Å². The number of pyridine rings is 1. The second-order valence-electron chi connectivity index (χ2n) is 5.43. The van der Waals surface area contributed by atoms with Crippen molar-refractivity contribution in [3.05, 3.63) is 29.0 Å². The van der Waals surface area contributed by atoms with Gasteiger partial charge in [-0.1, -0.05) is 31.4 Å². The van der Waals surface area contributed by atoms with E-state index in [0.29, 0.717) is 17.4 Å². The van der Waals surface area contributed by atoms with E-state index in [-0.39, 0.29) is 0 Å². The maximum atomic E-state index is 11.7. The van der Waals surface area contributed by atoms with Crippen molar-refractivity contribution < 1.29 is 9.90 Å². The van der Waals surface area contributed by atoms with E-state index in [2.05, 4.69) is 11.9 Å². The zero-order valence-electron chi connectivity index (χ0n) is 10.5. The minimum Gasteiger partial charge on any atom is -0.481 e. The van der Waals surface area contributed by atoms with Crippen LogP contribution in [0, 0.1) is 11.3 Å². The van der Waals surface area contributed by atoms with Crippen molar-refractivity contribution in [2.75, 3.05) is 0 Å². The van der Waals surface area contributed by atoms with E-state index >= 15 is 0 Å². The predicted octanol–water partition coefficient (Wildman–Crippen LogP) is 3.56. The topological polar surface area (TPSA) is 50.2 Å². The molecule has 0 aromatic carbocycles. The number of carbonyl (C=O) groups is 1. The molecule has 0 saturated heterocycles. The zero-order valence-corrected chi connectivity index (χ0v) is 11.3. The lowest BCUT2D eigenvalue weighted by Gasteiger charge is -2.36. The summed E-state index contributed by atoms with van der Waals surface area (Å²) >= 11 is 6.09. The van der Waals surface area contributed by atoms with E-state index in [1.165, 1.54) is 0 Å². The highest BCUT2D eigenvalue weighted by Crippen LogP contribution is 2.42. The Hall–Kier alpha value is -1.09. The first-order valence-corrected chi connectivity index (χ1v) is 6.73. The summed E-state index contributed by atoms with van der Waals surface area (Å²) in [6.45, 7) is 2.13. The van der Waals surface area contributed by atoms with Gasteiger partial charge >= 0.3 is 5.97 Å². The van der Waals surface area contributed by atoms with Crippen LogP contribution in [0.1, 0.15) is 38.2 Å². The van der Waals surface area contributed by atoms with Crippen LogP contribution in [0.4, 0.5) is 0 Å². The summed E-state index contributed by atoms with van der Waals surface area (Å²) in [5.74, 6) is -0.225. The molecule has 0 aliphatic heterocycles. The normalized spacial score (nSPS) is 28.0. The lowest BCUT2D eigenvalue weighted by Crippen LogP contribution is -2.38. The lowest BCUT2D eigenvalue weighted by atomic mass is 9.67. The number of hydrogen-bond donors (Lipinski definition) is 1. The van der Waals surface area contributed by atoms with Crippen LogP contribution >= 0.6 is 11.6 Å². The highest BCUT2D eigenvalue weighted by atomic mass is 35.5. The van der Waals surface area contributed by atoms with Crippen molar-refractivity contribution >= 4 is 17.6 Å². The van der Waals surface area contributed by atoms with Gasteiger partial charge < -0.3 is 5.11 Å². The molecule has 2 unspecified atom stereocenters. The molecule has 0 bridgehead atoms. The third-order valence-corrected chi connectivity index (χ3v) is 4.27. The molecular formula is C14H18ClNO2. The van der Waals surface area contributed by atoms with Crippen LogP contribution in [0.15, 0.2) is 18.5 Å². The van der Waals surface area contributed by atoms with Gasteiger partial charge in [-0.2, -0.15) is 0 Å². The van der Waals surface area contributed by atoms with Gasteiger partial charge in [0.15, 0.2) is 0 Å². The van der Waals surface area contributed by atoms with Crippen LogP contribution in [0.2, 0.25) is 5.02 Å². The molecule has 1 aromatic heterocycles. The summed E-state index contributed by atoms with van der Waals surface area (Å²) in [6.07, 6.45) is 7.34. The van der Waals surface area contributed by atoms with Crippen molar-refractivity contribution in [3.63, 3.8) is 0 Å². The molecule has 98 valence electrons. The van der Waals surface area contributed by atoms with Crippen molar-refractivity contribution in [2.24, 2.45) is 11.3 Å². The SMILES string of the molecule is CC1CCCC(Cc2ccncc2Cl)(C(=O)O)C1. The van der Waals surface area contributed by atoms with E-state index in [4.69, 9.17) is 11.6 Å². The first-order valence-electron chi connectivity index (χ1n) is 6.35. The van der Waals surface area contributed by atoms with Crippen molar-refractivity contribution in [2.45, 2.75) is 39.0 Å². The number of aromatic nitrogens is 1. The molecule has 0 radical (unpaired) electrons. The van der Waals surface area contributed by atoms with Crippen LogP contribution < -0.4 is 0 Å². The second-order valence-corrected chi connectivity index (χ2v) is 5.84. The summed E-state index contributed by atoms with van der Waals surface area (Å²) in [5, 5.41) is 10.2. The molecule has 0 spiro atoms. The fraction of sp³-hybridized carbons (Fsp3) is 0.571. The monoisotopic (exact) mass is 267 g/mol. The molecule has 1 aliphatic carbocycles. The Labute approximate surface area is 112 Å². The first kappa shape index (κ1) is 13.3. The second kappa shape index (κ2) is 5.27. The third kappa shape index (κ3) is 2.66. The molecule has 3 nitrogen and oxygen atoms in total. The van der Waals surface area contributed by atoms with Crippen LogP contribution in [0.5, 0.6) is 0 Å². The van der Waals surface area contributed by atoms with Gasteiger partial charge in [-0.25, -0.2) is 0 Å². The smallest absolute Gasteiger partial charge is 0.309 e. The largest absolute Gasteiger partial charge is 0.481 e. The number of nitrogens with zero attached hydrogens (tertiary/aromatic N) is 1. The first-order chi connectivity index (χ1) is 8.53. The maximum absolute atomic E-state index is 11.7. The van der Waals surface area contributed by atoms with E-state index in [1.807, 2.05) is 6.07 Å². The Morgan fingerprint density at radius 2 is 2.44 bits per heavy atom. The van der Waals surface area contributed by atoms with E-state index in [1.54, 1.807) is 12.4 Å². The van der Waals surface area contributed by atoms with Crippen LogP contribution in [-0.2, 0) is 11.2 Å². The zero-order chi connectivity index (χ0) is 13.2. The van der Waals surface area contributed by atoms with Gasteiger partial charge in [0.25, 0.3) is 0 Å². The van der Waals surface area contributed by atoms with Crippen molar-refractivity contribution in [3.8, 4) is 0 Å². The summed E-state index contributed by atoms with van der Waals surface area (Å²) < 4.78 is 0. The average molecular weight is 268 g/mol. The van der Waals surface area contributed by atoms with Gasteiger partial charge in [-0.3, -0.25) is 9.78 Å². The number of hydrogen-bond acceptors (Lipinski definition) is 2. The Kier molecular flexibility index (Phi) is 3.91. The van der Waals surface area contributed by atoms with Crippen LogP contribution in [-0.4, -0.2) is 16.1 Å². The number of carboxylic acid groups (broad SMARTS) is 1. The summed E-state index contributed by atoms with van der Waals surface area (Å²) in [7, 11) is 0. The van der Waals surface area contributed by atoms with Gasteiger partial charge in [0.2, 0.25) is 0 Å². The van der Waals surface area contributed by atoms with Gasteiger partial charge in [-0.15, -0.1) is 0 Å². The number of carboxylic acids is 1. The molecule has 1 fully saturated rings. The van der Waals surface area contributed by atoms with Gasteiger partial charge in [-0.05, 0) is 36.8 Å². The van der Waals surface area contributed by atoms with E-state index < -0.39 is 11.4 Å². The van der Waals surface area contributed by atoms with Crippen molar-refractivity contribution in [1.29, 1.82) is 0 Å². The molecule has 1 aliphatic rings. The Bertz CT molecular complexity index is 449. The molecule has 0 amide bonds. The molecule has 2 atom stereocenters. The van der Waals surface area contributed by atoms with E-state index in [0.717, 1.165) is 31.2 Å². The molecule has 4 heteroatoms. The van der Waals surface area contributed by atoms with Gasteiger partial charge in [0.05, 0.1) is 10.4 Å². The summed E-state index contributed by atoms with van der Waals surface area (Å²) in [5.41, 5.74) is 0.242. The Morgan fingerprint density at radius 3 is 3.06 bits per heavy atom. The maximum Gasteiger partial charge on any atom is 0.309 e.